The van der Waals surface area contributed by atoms with Crippen LogP contribution in [0.15, 0.2) is 73.4 Å². The Hall–Kier alpha value is -6.16. The molecule has 10 heterocycles. The normalized spacial score (nSPS) is 32.2. The number of methoxy groups -OCH3 is 1. The summed E-state index contributed by atoms with van der Waals surface area (Å²) in [5.41, 5.74) is 13.7. The molecule has 0 radical (unpaired) electrons. The van der Waals surface area contributed by atoms with Crippen LogP contribution < -0.4 is 22.9 Å². The number of primary amides is 2. The molecule has 4 saturated heterocycles. The largest absolute Gasteiger partial charge is 0.481 e. The lowest BCUT2D eigenvalue weighted by atomic mass is 9.83. The minimum Gasteiger partial charge on any atom is -0.387 e. The molecule has 0 saturated carbocycles. The molecule has 4 aromatic rings. The van der Waals surface area contributed by atoms with Gasteiger partial charge in [0.25, 0.3) is 0 Å². The highest BCUT2D eigenvalue weighted by atomic mass is 31.3. The summed E-state index contributed by atoms with van der Waals surface area (Å²) in [7, 11) is -36.5. The van der Waals surface area contributed by atoms with Crippen molar-refractivity contribution in [1.82, 2.24) is 48.8 Å². The standard InChI is InChI=1S/C47H64N14O37P6/c1-86-21(33(67)47(35(69)32(96-100(75,76)77)45(94-47)61-18-57-26-37(49)53-16-55-41(26)61)14-90-104(84,85)98-102(80,81)88-12-23-28(64)30(66)43(92-23)59-7-3-5-20(10-59)39(51)71)8-24(62)46(34(68)31(95-99(72,73)74)44(93-46)60-17-56-25-36(48)52-15-54-40(25)60)13-89-103(82,83)97-101(78,79)87-11-22-27(63)29(65)42(91-22)58-6-2-4-19(9-58)38(50)70/h2-3,6-7,9-10,15-18,21-23,27-32,34-35,42-45,63-66,68-69H,4-5,8,11-14H2,1H3,(H2,50,70)(H2,51,71)(H,78,79)(H,80,81)(H,82,83)(H,84,85)(H2,48,52,54)(H2,49,53,55)(H2,72,73,74)(H2,75,76,77)/t21?,22-,23-,27-,28-,29-,30-,31-,32-,34-,35-,42-,43-,44-,45-,46+,47+/m1/s1. The van der Waals surface area contributed by atoms with Crippen LogP contribution in [-0.2, 0) is 106 Å². The van der Waals surface area contributed by atoms with Gasteiger partial charge in [-0.3, -0.25) is 55.5 Å². The quantitative estimate of drug-likeness (QED) is 0.0203. The Labute approximate surface area is 579 Å². The third-order valence-electron chi connectivity index (χ3n) is 16.3. The number of nitrogens with zero attached hydrogens (tertiary/aromatic N) is 10. The highest BCUT2D eigenvalue weighted by molar-refractivity contribution is 7.61. The van der Waals surface area contributed by atoms with Gasteiger partial charge in [-0.1, -0.05) is 12.2 Å². The maximum Gasteiger partial charge on any atom is 0.481 e. The first-order valence-electron chi connectivity index (χ1n) is 29.3. The van der Waals surface area contributed by atoms with Crippen LogP contribution in [0.4, 0.5) is 11.6 Å². The monoisotopic (exact) mass is 1600 g/mol. The number of aliphatic hydroxyl groups excluding tert-OH is 6. The third kappa shape index (κ3) is 17.2. The molecule has 5 unspecified atom stereocenters. The topological polar surface area (TPSA) is 772 Å². The minimum atomic E-state index is -6.44. The highest BCUT2D eigenvalue weighted by Crippen LogP contribution is 2.63. The van der Waals surface area contributed by atoms with Crippen molar-refractivity contribution in [2.24, 2.45) is 11.5 Å². The summed E-state index contributed by atoms with van der Waals surface area (Å²) in [5.74, 6) is -6.48. The number of ether oxygens (including phenoxy) is 5. The lowest BCUT2D eigenvalue weighted by Crippen LogP contribution is -2.59. The van der Waals surface area contributed by atoms with Crippen molar-refractivity contribution < 1.29 is 176 Å². The number of phosphoric ester groups is 6. The van der Waals surface area contributed by atoms with E-state index in [1.165, 1.54) is 24.6 Å². The van der Waals surface area contributed by atoms with E-state index in [1.54, 1.807) is 0 Å². The number of aliphatic hydroxyl groups is 6. The van der Waals surface area contributed by atoms with E-state index < -0.39 is 218 Å². The minimum absolute atomic E-state index is 0.0181. The predicted molar refractivity (Wildman–Crippen MR) is 329 cm³/mol. The molecule has 104 heavy (non-hydrogen) atoms. The van der Waals surface area contributed by atoms with Gasteiger partial charge in [0.15, 0.2) is 70.6 Å². The second-order valence-electron chi connectivity index (χ2n) is 23.1. The first-order chi connectivity index (χ1) is 48.4. The number of imidazole rings is 2. The van der Waals surface area contributed by atoms with Crippen LogP contribution in [0.2, 0.25) is 0 Å². The number of Topliss-reactive ketones (excluding diaryl/α,β-unsaturated/α-hetero) is 2. The number of nitrogens with two attached hydrogens (primary N) is 4. The number of aromatic nitrogens is 8. The Morgan fingerprint density at radius 2 is 0.942 bits per heavy atom. The Morgan fingerprint density at radius 3 is 1.34 bits per heavy atom. The number of amides is 2. The molecule has 0 spiro atoms. The van der Waals surface area contributed by atoms with E-state index >= 15 is 9.59 Å². The molecule has 2 amide bonds. The number of nitrogen functional groups attached to an aromatic ring is 2. The molecule has 0 aliphatic carbocycles. The summed E-state index contributed by atoms with van der Waals surface area (Å²) >= 11 is 0. The van der Waals surface area contributed by atoms with Crippen molar-refractivity contribution in [2.45, 2.75) is 123 Å². The van der Waals surface area contributed by atoms with Gasteiger partial charge in [0, 0.05) is 49.5 Å². The van der Waals surface area contributed by atoms with Crippen LogP contribution in [0.25, 0.3) is 22.3 Å². The summed E-state index contributed by atoms with van der Waals surface area (Å²) in [6, 6.07) is 0. The van der Waals surface area contributed by atoms with E-state index in [0.29, 0.717) is 16.2 Å². The fraction of sp³-hybridized carbons (Fsp3) is 0.532. The van der Waals surface area contributed by atoms with Crippen LogP contribution in [0.5, 0.6) is 0 Å². The molecule has 10 rings (SSSR count). The van der Waals surface area contributed by atoms with Gasteiger partial charge >= 0.3 is 46.9 Å². The molecule has 4 fully saturated rings. The molecule has 51 nitrogen and oxygen atoms in total. The van der Waals surface area contributed by atoms with Crippen LogP contribution in [0.1, 0.15) is 31.7 Å². The molecule has 22 N–H and O–H groups in total. The summed E-state index contributed by atoms with van der Waals surface area (Å²) in [5, 5.41) is 67.9. The number of rotatable bonds is 32. The number of carbonyl (C=O) groups excluding carboxylic acids is 4. The SMILES string of the molecule is COC(CC(=O)[C@]1(COP(=O)(O)OP(=O)(O)OC[C@H]2O[C@@H](N3C=CCC(C(N)=O)=C3)[C@H](O)[C@@H]2O)O[C@@H](n2cnc3c(N)ncnc32)[C@H](OP(=O)(O)O)[C@H]1O)C(=O)[C@]1(COP(=O)(O)OP(=O)(O)OC[C@H]2O[C@@H](N3C=CCC(C(N)=O)=C3)[C@H](O)[C@@H]2O)O[C@@H](n2cnc3c(N)ncnc32)[C@H](OP(=O)(O)O)[C@H]1O. The number of carbonyl (C=O) groups is 4. The lowest BCUT2D eigenvalue weighted by Gasteiger charge is -2.35. The molecule has 57 heteroatoms. The third-order valence-corrected chi connectivity index (χ3v) is 22.5. The van der Waals surface area contributed by atoms with E-state index in [-0.39, 0.29) is 46.7 Å². The summed E-state index contributed by atoms with van der Waals surface area (Å²) in [4.78, 5) is 165. The van der Waals surface area contributed by atoms with Crippen molar-refractivity contribution in [1.29, 1.82) is 0 Å². The number of hydrogen-bond donors (Lipinski definition) is 18. The van der Waals surface area contributed by atoms with Gasteiger partial charge in [0.05, 0.1) is 39.1 Å². The van der Waals surface area contributed by atoms with E-state index in [9.17, 15) is 107 Å². The molecule has 0 aromatic carbocycles. The maximum absolute atomic E-state index is 15.6. The Morgan fingerprint density at radius 1 is 0.558 bits per heavy atom. The fourth-order valence-corrected chi connectivity index (χ4v) is 16.7. The average molecular weight is 1600 g/mol. The summed E-state index contributed by atoms with van der Waals surface area (Å²) in [6.07, 6.45) is -24.3. The molecule has 0 bridgehead atoms. The summed E-state index contributed by atoms with van der Waals surface area (Å²) < 4.78 is 148. The van der Waals surface area contributed by atoms with E-state index in [0.717, 1.165) is 47.5 Å². The van der Waals surface area contributed by atoms with Crippen LogP contribution >= 0.6 is 46.9 Å². The molecule has 6 aliphatic heterocycles. The van der Waals surface area contributed by atoms with Gasteiger partial charge in [-0.2, -0.15) is 8.62 Å². The fourth-order valence-electron chi connectivity index (χ4n) is 11.4. The van der Waals surface area contributed by atoms with Crippen molar-refractivity contribution in [3.05, 3.63) is 73.4 Å². The van der Waals surface area contributed by atoms with Crippen molar-refractivity contribution in [3.8, 4) is 0 Å². The van der Waals surface area contributed by atoms with Gasteiger partial charge < -0.3 is 126 Å². The average Bonchev–Trinajstić information content (AvgIpc) is 1.57. The van der Waals surface area contributed by atoms with Crippen molar-refractivity contribution in [2.75, 3.05) is 45.0 Å². The first kappa shape index (κ1) is 80.4. The van der Waals surface area contributed by atoms with E-state index in [2.05, 4.69) is 38.5 Å². The zero-order chi connectivity index (χ0) is 76.4. The van der Waals surface area contributed by atoms with Gasteiger partial charge in [0.2, 0.25) is 11.8 Å². The zero-order valence-corrected chi connectivity index (χ0v) is 57.9. The van der Waals surface area contributed by atoms with Crippen molar-refractivity contribution in [3.63, 3.8) is 0 Å². The van der Waals surface area contributed by atoms with Gasteiger partial charge in [-0.05, 0) is 12.8 Å². The number of anilines is 2. The molecule has 4 aromatic heterocycles. The van der Waals surface area contributed by atoms with Gasteiger partial charge in [0.1, 0.15) is 90.8 Å². The van der Waals surface area contributed by atoms with Gasteiger partial charge in [-0.25, -0.2) is 57.3 Å². The predicted octanol–water partition coefficient (Wildman–Crippen LogP) is -5.84. The molecular weight excluding hydrogens is 1540 g/mol. The summed E-state index contributed by atoms with van der Waals surface area (Å²) in [6.45, 7) is -6.72. The molecule has 21 atom stereocenters. The molecular formula is C47H64N14O37P6. The number of fused-ring (bicyclic) bond motifs is 2. The number of allylic oxidation sites excluding steroid dienone is 2. The maximum atomic E-state index is 15.6. The van der Waals surface area contributed by atoms with Crippen LogP contribution in [0.3, 0.4) is 0 Å². The van der Waals surface area contributed by atoms with E-state index in [4.69, 9.17) is 73.8 Å². The Balaban J connectivity index is 0.963. The second-order valence-corrected chi connectivity index (χ2v) is 31.5. The smallest absolute Gasteiger partial charge is 0.387 e. The lowest BCUT2D eigenvalue weighted by molar-refractivity contribution is -0.178. The number of phosphoric acid groups is 6. The number of hydrogen-bond acceptors (Lipinski definition) is 39. The first-order valence-corrected chi connectivity index (χ1v) is 38.3. The number of ketones is 2. The molecule has 6 aliphatic rings. The zero-order valence-electron chi connectivity index (χ0n) is 52.5. The van der Waals surface area contributed by atoms with Crippen LogP contribution in [0, 0.1) is 0 Å². The second kappa shape index (κ2) is 30.5. The Kier molecular flexibility index (Phi) is 23.6. The highest BCUT2D eigenvalue weighted by Gasteiger charge is 2.67. The van der Waals surface area contributed by atoms with Crippen molar-refractivity contribution >= 4 is 104 Å². The Bertz CT molecular complexity index is 4410. The van der Waals surface area contributed by atoms with Crippen LogP contribution in [-0.4, -0.2) is 266 Å². The molecule has 574 valence electrons. The van der Waals surface area contributed by atoms with Gasteiger partial charge in [-0.15, -0.1) is 0 Å². The van der Waals surface area contributed by atoms with E-state index in [1.807, 2.05) is 0 Å².